The van der Waals surface area contributed by atoms with E-state index in [-0.39, 0.29) is 11.9 Å². The summed E-state index contributed by atoms with van der Waals surface area (Å²) in [5, 5.41) is 2.84. The number of ketones is 1. The molecule has 0 aromatic heterocycles. The van der Waals surface area contributed by atoms with E-state index < -0.39 is 11.7 Å². The summed E-state index contributed by atoms with van der Waals surface area (Å²) in [7, 11) is 0. The van der Waals surface area contributed by atoms with Crippen molar-refractivity contribution < 1.29 is 14.4 Å². The highest BCUT2D eigenvalue weighted by Crippen LogP contribution is 2.16. The number of hydrogen-bond donors (Lipinski definition) is 1. The van der Waals surface area contributed by atoms with Crippen molar-refractivity contribution in [3.8, 4) is 0 Å². The van der Waals surface area contributed by atoms with Gasteiger partial charge in [0.1, 0.15) is 0 Å². The van der Waals surface area contributed by atoms with Crippen molar-refractivity contribution in [2.75, 3.05) is 13.1 Å². The Morgan fingerprint density at radius 2 is 2.32 bits per heavy atom. The average Bonchev–Trinajstić information content (AvgIpc) is 2.42. The number of rotatable bonds is 3. The number of aliphatic imine (C=N–C) groups is 1. The molecule has 6 heteroatoms. The highest BCUT2D eigenvalue weighted by Gasteiger charge is 2.24. The Morgan fingerprint density at radius 3 is 3.00 bits per heavy atom. The molecule has 6 nitrogen and oxygen atoms in total. The second-order valence-corrected chi connectivity index (χ2v) is 4.49. The first kappa shape index (κ1) is 13.2. The molecule has 2 aliphatic heterocycles. The van der Waals surface area contributed by atoms with Gasteiger partial charge in [0.25, 0.3) is 0 Å². The molecular formula is C13H15N3O3. The zero-order chi connectivity index (χ0) is 13.8. The van der Waals surface area contributed by atoms with Gasteiger partial charge in [-0.1, -0.05) is 6.58 Å². The van der Waals surface area contributed by atoms with Crippen LogP contribution in [0.4, 0.5) is 0 Å². The van der Waals surface area contributed by atoms with Crippen molar-refractivity contribution in [3.05, 3.63) is 24.4 Å². The monoisotopic (exact) mass is 261 g/mol. The first-order valence-corrected chi connectivity index (χ1v) is 6.12. The van der Waals surface area contributed by atoms with Crippen LogP contribution in [0, 0.1) is 0 Å². The lowest BCUT2D eigenvalue weighted by Gasteiger charge is -2.35. The zero-order valence-corrected chi connectivity index (χ0v) is 10.5. The van der Waals surface area contributed by atoms with Crippen molar-refractivity contribution in [1.82, 2.24) is 10.2 Å². The van der Waals surface area contributed by atoms with E-state index in [1.54, 1.807) is 0 Å². The van der Waals surface area contributed by atoms with Crippen LogP contribution in [0.5, 0.6) is 0 Å². The maximum atomic E-state index is 11.3. The first-order valence-electron chi connectivity index (χ1n) is 6.12. The normalized spacial score (nSPS) is 23.1. The van der Waals surface area contributed by atoms with Crippen LogP contribution in [0.25, 0.3) is 0 Å². The Balaban J connectivity index is 2.02. The quantitative estimate of drug-likeness (QED) is 0.564. The number of carbonyl (C=O) groups excluding carboxylic acids is 3. The van der Waals surface area contributed by atoms with Gasteiger partial charge in [0.05, 0.1) is 11.9 Å². The molecule has 1 atom stereocenters. The van der Waals surface area contributed by atoms with E-state index in [4.69, 9.17) is 0 Å². The molecule has 0 aromatic rings. The molecule has 0 saturated carbocycles. The molecular weight excluding hydrogens is 246 g/mol. The Labute approximate surface area is 110 Å². The van der Waals surface area contributed by atoms with Gasteiger partial charge in [-0.3, -0.25) is 14.4 Å². The van der Waals surface area contributed by atoms with Crippen LogP contribution in [-0.4, -0.2) is 47.8 Å². The highest BCUT2D eigenvalue weighted by molar-refractivity contribution is 6.44. The second kappa shape index (κ2) is 5.60. The summed E-state index contributed by atoms with van der Waals surface area (Å²) in [6, 6.07) is 0.0151. The largest absolute Gasteiger partial charge is 0.368 e. The Bertz CT molecular complexity index is 493. The summed E-state index contributed by atoms with van der Waals surface area (Å²) >= 11 is 0. The topological polar surface area (TPSA) is 78.8 Å². The van der Waals surface area contributed by atoms with E-state index in [1.807, 2.05) is 4.90 Å². The molecule has 2 heterocycles. The number of dihydropyridines is 1. The van der Waals surface area contributed by atoms with Crippen LogP contribution < -0.4 is 5.32 Å². The van der Waals surface area contributed by atoms with Gasteiger partial charge < -0.3 is 10.2 Å². The Morgan fingerprint density at radius 1 is 1.53 bits per heavy atom. The highest BCUT2D eigenvalue weighted by atomic mass is 16.2. The summed E-state index contributed by atoms with van der Waals surface area (Å²) in [5.74, 6) is -1.54. The average molecular weight is 261 g/mol. The van der Waals surface area contributed by atoms with E-state index in [0.717, 1.165) is 19.4 Å². The van der Waals surface area contributed by atoms with E-state index in [0.29, 0.717) is 12.2 Å². The third-order valence-corrected chi connectivity index (χ3v) is 3.12. The second-order valence-electron chi connectivity index (χ2n) is 4.49. The lowest BCUT2D eigenvalue weighted by atomic mass is 10.0. The first-order chi connectivity index (χ1) is 9.10. The van der Waals surface area contributed by atoms with Gasteiger partial charge in [0.2, 0.25) is 11.7 Å². The van der Waals surface area contributed by atoms with Gasteiger partial charge >= 0.3 is 5.91 Å². The smallest absolute Gasteiger partial charge is 0.317 e. The molecule has 0 aromatic carbocycles. The van der Waals surface area contributed by atoms with Crippen molar-refractivity contribution >= 4 is 23.8 Å². The summed E-state index contributed by atoms with van der Waals surface area (Å²) in [4.78, 5) is 39.1. The third-order valence-electron chi connectivity index (χ3n) is 3.12. The minimum absolute atomic E-state index is 0.0151. The van der Waals surface area contributed by atoms with Crippen LogP contribution in [0.2, 0.25) is 0 Å². The number of nitrogens with zero attached hydrogens (tertiary/aromatic N) is 2. The molecule has 0 spiro atoms. The molecule has 0 bridgehead atoms. The number of amides is 2. The summed E-state index contributed by atoms with van der Waals surface area (Å²) in [6.45, 7) is 4.79. The van der Waals surface area contributed by atoms with Crippen molar-refractivity contribution in [2.24, 2.45) is 4.99 Å². The molecule has 2 rings (SSSR count). The number of allylic oxidation sites excluding steroid dienone is 1. The van der Waals surface area contributed by atoms with Gasteiger partial charge in [0, 0.05) is 25.2 Å². The summed E-state index contributed by atoms with van der Waals surface area (Å²) in [6.07, 6.45) is 5.72. The SMILES string of the molecule is C=CC(=O)N[C@@H]1CCCN(C2=CC(=O)C(=O)N=C2)C1. The molecule has 1 saturated heterocycles. The molecule has 19 heavy (non-hydrogen) atoms. The van der Waals surface area contributed by atoms with Crippen LogP contribution in [0.3, 0.4) is 0 Å². The molecule has 2 aliphatic rings. The lowest BCUT2D eigenvalue weighted by Crippen LogP contribution is -2.47. The summed E-state index contributed by atoms with van der Waals surface area (Å²) in [5.41, 5.74) is 0.627. The Hall–Kier alpha value is -2.24. The maximum absolute atomic E-state index is 11.3. The van der Waals surface area contributed by atoms with Crippen LogP contribution >= 0.6 is 0 Å². The predicted octanol–water partition coefficient (Wildman–Crippen LogP) is -0.183. The van der Waals surface area contributed by atoms with Crippen molar-refractivity contribution in [1.29, 1.82) is 0 Å². The fraction of sp³-hybridized carbons (Fsp3) is 0.385. The van der Waals surface area contributed by atoms with Gasteiger partial charge in [0.15, 0.2) is 0 Å². The molecule has 2 amide bonds. The third kappa shape index (κ3) is 3.15. The Kier molecular flexibility index (Phi) is 3.89. The van der Waals surface area contributed by atoms with Gasteiger partial charge in [-0.2, -0.15) is 0 Å². The van der Waals surface area contributed by atoms with Crippen molar-refractivity contribution in [3.63, 3.8) is 0 Å². The number of hydrogen-bond acceptors (Lipinski definition) is 4. The van der Waals surface area contributed by atoms with E-state index in [2.05, 4.69) is 16.9 Å². The molecule has 100 valence electrons. The molecule has 0 radical (unpaired) electrons. The molecule has 1 N–H and O–H groups in total. The van der Waals surface area contributed by atoms with Gasteiger partial charge in [-0.25, -0.2) is 4.99 Å². The minimum Gasteiger partial charge on any atom is -0.368 e. The standard InChI is InChI=1S/C13H15N3O3/c1-2-12(18)15-9-4-3-5-16(8-9)10-6-11(17)13(19)14-7-10/h2,6-7,9H,1,3-5,8H2,(H,15,18)/t9-/m1/s1. The molecule has 0 unspecified atom stereocenters. The van der Waals surface area contributed by atoms with Gasteiger partial charge in [-0.05, 0) is 18.9 Å². The maximum Gasteiger partial charge on any atom is 0.317 e. The van der Waals surface area contributed by atoms with Crippen LogP contribution in [0.15, 0.2) is 29.4 Å². The van der Waals surface area contributed by atoms with E-state index in [1.165, 1.54) is 18.4 Å². The molecule has 1 fully saturated rings. The zero-order valence-electron chi connectivity index (χ0n) is 10.5. The number of piperidine rings is 1. The number of nitrogens with one attached hydrogen (secondary N) is 1. The number of likely N-dealkylation sites (tertiary alicyclic amines) is 1. The van der Waals surface area contributed by atoms with Crippen LogP contribution in [0.1, 0.15) is 12.8 Å². The predicted molar refractivity (Wildman–Crippen MR) is 69.5 cm³/mol. The summed E-state index contributed by atoms with van der Waals surface area (Å²) < 4.78 is 0. The molecule has 0 aliphatic carbocycles. The fourth-order valence-electron chi connectivity index (χ4n) is 2.18. The minimum atomic E-state index is -0.739. The number of carbonyl (C=O) groups is 3. The van der Waals surface area contributed by atoms with Gasteiger partial charge in [-0.15, -0.1) is 0 Å². The van der Waals surface area contributed by atoms with Crippen molar-refractivity contribution in [2.45, 2.75) is 18.9 Å². The van der Waals surface area contributed by atoms with E-state index >= 15 is 0 Å². The fourth-order valence-corrected chi connectivity index (χ4v) is 2.18. The lowest BCUT2D eigenvalue weighted by molar-refractivity contribution is -0.133. The van der Waals surface area contributed by atoms with Crippen LogP contribution in [-0.2, 0) is 14.4 Å². The van der Waals surface area contributed by atoms with E-state index in [9.17, 15) is 14.4 Å².